The maximum absolute atomic E-state index is 5.27. The summed E-state index contributed by atoms with van der Waals surface area (Å²) in [6, 6.07) is 2.58. The molecule has 1 heterocycles. The highest BCUT2D eigenvalue weighted by atomic mass is 16.5. The van der Waals surface area contributed by atoms with Gasteiger partial charge in [0.05, 0.1) is 6.61 Å². The number of ether oxygens (including phenoxy) is 1. The molecule has 118 valence electrons. The van der Waals surface area contributed by atoms with Gasteiger partial charge in [-0.25, -0.2) is 4.98 Å². The molecular weight excluding hydrogens is 264 g/mol. The van der Waals surface area contributed by atoms with E-state index < -0.39 is 0 Å². The van der Waals surface area contributed by atoms with Crippen LogP contribution in [0, 0.1) is 12.8 Å². The average molecular weight is 292 g/mol. The molecule has 21 heavy (non-hydrogen) atoms. The molecule has 1 aromatic heterocycles. The first-order chi connectivity index (χ1) is 10.2. The Labute approximate surface area is 128 Å². The van der Waals surface area contributed by atoms with E-state index in [4.69, 9.17) is 9.72 Å². The van der Waals surface area contributed by atoms with Crippen LogP contribution in [0.4, 0.5) is 11.8 Å². The van der Waals surface area contributed by atoms with Crippen LogP contribution in [0.1, 0.15) is 38.8 Å². The lowest BCUT2D eigenvalue weighted by Crippen LogP contribution is -2.38. The van der Waals surface area contributed by atoms with Crippen LogP contribution in [0.25, 0.3) is 0 Å². The number of hydrogen-bond donors (Lipinski definition) is 1. The van der Waals surface area contributed by atoms with Crippen molar-refractivity contribution >= 4 is 11.8 Å². The van der Waals surface area contributed by atoms with Crippen molar-refractivity contribution in [3.05, 3.63) is 11.8 Å². The number of nitrogens with one attached hydrogen (secondary N) is 1. The van der Waals surface area contributed by atoms with E-state index in [2.05, 4.69) is 35.1 Å². The van der Waals surface area contributed by atoms with Crippen LogP contribution < -0.4 is 10.2 Å². The average Bonchev–Trinajstić information content (AvgIpc) is 3.29. The van der Waals surface area contributed by atoms with Gasteiger partial charge in [-0.2, -0.15) is 4.98 Å². The number of methoxy groups -OCH3 is 1. The first kappa shape index (κ1) is 16.0. The fourth-order valence-corrected chi connectivity index (χ4v) is 2.56. The zero-order valence-electron chi connectivity index (χ0n) is 13.7. The van der Waals surface area contributed by atoms with Crippen molar-refractivity contribution in [1.82, 2.24) is 9.97 Å². The molecule has 0 amide bonds. The monoisotopic (exact) mass is 292 g/mol. The van der Waals surface area contributed by atoms with E-state index in [1.54, 1.807) is 7.11 Å². The van der Waals surface area contributed by atoms with Crippen LogP contribution in [0.3, 0.4) is 0 Å². The van der Waals surface area contributed by atoms with E-state index in [0.29, 0.717) is 6.04 Å². The van der Waals surface area contributed by atoms with E-state index in [1.165, 1.54) is 12.8 Å². The lowest BCUT2D eigenvalue weighted by Gasteiger charge is -2.30. The fourth-order valence-electron chi connectivity index (χ4n) is 2.56. The molecule has 1 aliphatic rings. The molecule has 1 unspecified atom stereocenters. The van der Waals surface area contributed by atoms with Gasteiger partial charge in [0.15, 0.2) is 0 Å². The summed E-state index contributed by atoms with van der Waals surface area (Å²) in [7, 11) is 1.75. The minimum atomic E-state index is 0.508. The molecule has 5 nitrogen and oxygen atoms in total. The fraction of sp³-hybridized carbons (Fsp3) is 0.750. The quantitative estimate of drug-likeness (QED) is 0.758. The molecule has 2 rings (SSSR count). The van der Waals surface area contributed by atoms with Crippen molar-refractivity contribution in [3.63, 3.8) is 0 Å². The van der Waals surface area contributed by atoms with E-state index in [1.807, 2.05) is 6.92 Å². The maximum atomic E-state index is 5.27. The number of hydrogen-bond acceptors (Lipinski definition) is 5. The van der Waals surface area contributed by atoms with Gasteiger partial charge in [0, 0.05) is 38.0 Å². The summed E-state index contributed by atoms with van der Waals surface area (Å²) in [5.41, 5.74) is 1.00. The number of rotatable bonds is 9. The predicted octanol–water partition coefficient (Wildman–Crippen LogP) is 2.86. The molecule has 1 atom stereocenters. The standard InChI is InChI=1S/C16H28N4O/c1-5-8-17-16-18-12(2)11-15(19-16)20(9-10-21-4)13(3)14-6-7-14/h11,13-14H,5-10H2,1-4H3,(H,17,18,19). The number of anilines is 2. The summed E-state index contributed by atoms with van der Waals surface area (Å²) in [5.74, 6) is 2.54. The van der Waals surface area contributed by atoms with Gasteiger partial charge in [-0.15, -0.1) is 0 Å². The van der Waals surface area contributed by atoms with Crippen LogP contribution in [0.5, 0.6) is 0 Å². The van der Waals surface area contributed by atoms with Crippen molar-refractivity contribution in [3.8, 4) is 0 Å². The molecule has 1 aliphatic carbocycles. The number of aryl methyl sites for hydroxylation is 1. The van der Waals surface area contributed by atoms with Crippen LogP contribution >= 0.6 is 0 Å². The molecule has 0 aromatic carbocycles. The first-order valence-corrected chi connectivity index (χ1v) is 8.00. The Balaban J connectivity index is 2.18. The molecule has 0 aliphatic heterocycles. The Morgan fingerprint density at radius 1 is 1.43 bits per heavy atom. The van der Waals surface area contributed by atoms with Gasteiger partial charge < -0.3 is 15.0 Å². The highest BCUT2D eigenvalue weighted by Gasteiger charge is 2.32. The zero-order valence-corrected chi connectivity index (χ0v) is 13.7. The number of nitrogens with zero attached hydrogens (tertiary/aromatic N) is 3. The SMILES string of the molecule is CCCNc1nc(C)cc(N(CCOC)C(C)C2CC2)n1. The van der Waals surface area contributed by atoms with Crippen molar-refractivity contribution < 1.29 is 4.74 Å². The van der Waals surface area contributed by atoms with Crippen LogP contribution in [0.2, 0.25) is 0 Å². The Hall–Kier alpha value is -1.36. The van der Waals surface area contributed by atoms with Gasteiger partial charge in [0.2, 0.25) is 5.95 Å². The van der Waals surface area contributed by atoms with Crippen molar-refractivity contribution in [2.75, 3.05) is 37.0 Å². The second kappa shape index (κ2) is 7.59. The molecule has 0 saturated heterocycles. The molecule has 5 heteroatoms. The third kappa shape index (κ3) is 4.56. The van der Waals surface area contributed by atoms with E-state index in [9.17, 15) is 0 Å². The molecule has 1 saturated carbocycles. The Bertz CT molecular complexity index is 448. The first-order valence-electron chi connectivity index (χ1n) is 8.00. The van der Waals surface area contributed by atoms with Gasteiger partial charge in [0.25, 0.3) is 0 Å². The Morgan fingerprint density at radius 3 is 2.81 bits per heavy atom. The molecule has 0 spiro atoms. The summed E-state index contributed by atoms with van der Waals surface area (Å²) in [6.45, 7) is 8.96. The van der Waals surface area contributed by atoms with Gasteiger partial charge in [-0.1, -0.05) is 6.92 Å². The third-order valence-corrected chi connectivity index (χ3v) is 4.00. The summed E-state index contributed by atoms with van der Waals surface area (Å²) in [5, 5.41) is 3.29. The van der Waals surface area contributed by atoms with Crippen molar-refractivity contribution in [2.24, 2.45) is 5.92 Å². The molecule has 1 fully saturated rings. The van der Waals surface area contributed by atoms with Gasteiger partial charge in [-0.05, 0) is 39.0 Å². The highest BCUT2D eigenvalue weighted by Crippen LogP contribution is 2.36. The third-order valence-electron chi connectivity index (χ3n) is 4.00. The van der Waals surface area contributed by atoms with Crippen LogP contribution in [0.15, 0.2) is 6.07 Å². The lowest BCUT2D eigenvalue weighted by molar-refractivity contribution is 0.202. The van der Waals surface area contributed by atoms with E-state index in [-0.39, 0.29) is 0 Å². The van der Waals surface area contributed by atoms with Crippen LogP contribution in [-0.2, 0) is 4.74 Å². The van der Waals surface area contributed by atoms with E-state index >= 15 is 0 Å². The zero-order chi connectivity index (χ0) is 15.2. The smallest absolute Gasteiger partial charge is 0.224 e. The second-order valence-electron chi connectivity index (χ2n) is 5.88. The van der Waals surface area contributed by atoms with Gasteiger partial charge >= 0.3 is 0 Å². The lowest BCUT2D eigenvalue weighted by atomic mass is 10.2. The minimum Gasteiger partial charge on any atom is -0.383 e. The predicted molar refractivity (Wildman–Crippen MR) is 87.0 cm³/mol. The maximum Gasteiger partial charge on any atom is 0.224 e. The summed E-state index contributed by atoms with van der Waals surface area (Å²) in [6.07, 6.45) is 3.73. The largest absolute Gasteiger partial charge is 0.383 e. The number of aromatic nitrogens is 2. The Morgan fingerprint density at radius 2 is 2.19 bits per heavy atom. The van der Waals surface area contributed by atoms with Gasteiger partial charge in [0.1, 0.15) is 5.82 Å². The summed E-state index contributed by atoms with van der Waals surface area (Å²) < 4.78 is 5.27. The van der Waals surface area contributed by atoms with Crippen molar-refractivity contribution in [2.45, 2.75) is 46.1 Å². The molecule has 1 N–H and O–H groups in total. The normalized spacial score (nSPS) is 15.8. The second-order valence-corrected chi connectivity index (χ2v) is 5.88. The summed E-state index contributed by atoms with van der Waals surface area (Å²) in [4.78, 5) is 11.5. The molecule has 1 aromatic rings. The van der Waals surface area contributed by atoms with Crippen molar-refractivity contribution in [1.29, 1.82) is 0 Å². The van der Waals surface area contributed by atoms with E-state index in [0.717, 1.165) is 49.5 Å². The van der Waals surface area contributed by atoms with Gasteiger partial charge in [-0.3, -0.25) is 0 Å². The topological polar surface area (TPSA) is 50.3 Å². The van der Waals surface area contributed by atoms with Crippen LogP contribution in [-0.4, -0.2) is 42.8 Å². The Kier molecular flexibility index (Phi) is 5.79. The summed E-state index contributed by atoms with van der Waals surface area (Å²) >= 11 is 0. The molecule has 0 radical (unpaired) electrons. The molecular formula is C16H28N4O. The highest BCUT2D eigenvalue weighted by molar-refractivity contribution is 5.46. The minimum absolute atomic E-state index is 0.508. The molecule has 0 bridgehead atoms.